The number of carbonyl (C=O) groups excluding carboxylic acids is 1. The molecule has 0 spiro atoms. The molecule has 24 heavy (non-hydrogen) atoms. The maximum atomic E-state index is 10.7. The van der Waals surface area contributed by atoms with Crippen LogP contribution in [0.5, 0.6) is 0 Å². The second-order valence-corrected chi connectivity index (χ2v) is 8.64. The largest absolute Gasteiger partial charge is 0.447 e. The third-order valence-electron chi connectivity index (χ3n) is 3.62. The first-order chi connectivity index (χ1) is 11.4. The van der Waals surface area contributed by atoms with Crippen molar-refractivity contribution in [3.05, 3.63) is 60.2 Å². The van der Waals surface area contributed by atoms with E-state index in [1.165, 1.54) is 10.8 Å². The lowest BCUT2D eigenvalue weighted by atomic mass is 9.87. The van der Waals surface area contributed by atoms with E-state index < -0.39 is 15.1 Å². The van der Waals surface area contributed by atoms with Gasteiger partial charge in [-0.2, -0.15) is 0 Å². The number of ether oxygens (including phenoxy) is 1. The third-order valence-corrected chi connectivity index (χ3v) is 5.83. The Kier molecular flexibility index (Phi) is 6.17. The zero-order valence-corrected chi connectivity index (χ0v) is 15.4. The molecule has 0 aliphatic heterocycles. The van der Waals surface area contributed by atoms with Crippen LogP contribution in [0.1, 0.15) is 26.3 Å². The molecular formula is C19H24NO3Si. The average Bonchev–Trinajstić information content (AvgIpc) is 2.55. The van der Waals surface area contributed by atoms with Gasteiger partial charge in [-0.1, -0.05) is 75.4 Å². The summed E-state index contributed by atoms with van der Waals surface area (Å²) >= 11 is 0. The highest BCUT2D eigenvalue weighted by atomic mass is 28.3. The molecule has 1 radical (unpaired) electrons. The van der Waals surface area contributed by atoms with Gasteiger partial charge in [-0.05, 0) is 21.4 Å². The van der Waals surface area contributed by atoms with Crippen molar-refractivity contribution in [2.24, 2.45) is 5.73 Å². The normalized spacial score (nSPS) is 11.5. The van der Waals surface area contributed by atoms with Gasteiger partial charge in [-0.15, -0.1) is 0 Å². The summed E-state index contributed by atoms with van der Waals surface area (Å²) in [5.41, 5.74) is 6.39. The van der Waals surface area contributed by atoms with Gasteiger partial charge < -0.3 is 14.9 Å². The lowest BCUT2D eigenvalue weighted by Crippen LogP contribution is -2.45. The van der Waals surface area contributed by atoms with E-state index in [4.69, 9.17) is 14.9 Å². The molecule has 0 aliphatic rings. The number of rotatable bonds is 6. The van der Waals surface area contributed by atoms with E-state index in [9.17, 15) is 4.79 Å². The van der Waals surface area contributed by atoms with Gasteiger partial charge in [-0.3, -0.25) is 0 Å². The summed E-state index contributed by atoms with van der Waals surface area (Å²) in [6, 6.07) is 18.7. The Morgan fingerprint density at radius 2 is 1.54 bits per heavy atom. The molecule has 2 aromatic rings. The second kappa shape index (κ2) is 8.12. The van der Waals surface area contributed by atoms with Crippen molar-refractivity contribution in [1.82, 2.24) is 0 Å². The Bertz CT molecular complexity index is 651. The van der Waals surface area contributed by atoms with Crippen molar-refractivity contribution in [2.45, 2.75) is 26.2 Å². The van der Waals surface area contributed by atoms with Crippen molar-refractivity contribution >= 4 is 25.5 Å². The molecule has 0 atom stereocenters. The van der Waals surface area contributed by atoms with Crippen molar-refractivity contribution in [3.8, 4) is 0 Å². The molecule has 0 saturated carbocycles. The summed E-state index contributed by atoms with van der Waals surface area (Å²) in [6.45, 7) is 7.08. The molecule has 0 fully saturated rings. The van der Waals surface area contributed by atoms with Crippen molar-refractivity contribution in [2.75, 3.05) is 13.2 Å². The minimum Gasteiger partial charge on any atom is -0.447 e. The van der Waals surface area contributed by atoms with Gasteiger partial charge in [0.05, 0.1) is 6.61 Å². The molecule has 127 valence electrons. The van der Waals surface area contributed by atoms with Crippen LogP contribution in [0.25, 0.3) is 0 Å². The van der Waals surface area contributed by atoms with Crippen LogP contribution in [0, 0.1) is 0 Å². The van der Waals surface area contributed by atoms with Crippen LogP contribution in [0.4, 0.5) is 4.79 Å². The molecular weight excluding hydrogens is 318 g/mol. The maximum Gasteiger partial charge on any atom is 0.404 e. The summed E-state index contributed by atoms with van der Waals surface area (Å²) < 4.78 is 10.8. The first-order valence-corrected chi connectivity index (χ1v) is 9.37. The number of benzene rings is 2. The van der Waals surface area contributed by atoms with E-state index >= 15 is 0 Å². The van der Waals surface area contributed by atoms with Crippen LogP contribution in [-0.2, 0) is 14.6 Å². The van der Waals surface area contributed by atoms with E-state index in [-0.39, 0.29) is 12.0 Å². The van der Waals surface area contributed by atoms with Gasteiger partial charge in [0.2, 0.25) is 0 Å². The molecule has 2 N–H and O–H groups in total. The summed E-state index contributed by atoms with van der Waals surface area (Å²) in [7, 11) is -1.39. The molecule has 0 unspecified atom stereocenters. The molecule has 4 nitrogen and oxygen atoms in total. The van der Waals surface area contributed by atoms with Crippen LogP contribution < -0.4 is 16.1 Å². The fourth-order valence-electron chi connectivity index (χ4n) is 2.33. The molecule has 5 heteroatoms. The van der Waals surface area contributed by atoms with E-state index in [0.717, 1.165) is 5.19 Å². The maximum absolute atomic E-state index is 10.7. The second-order valence-electron chi connectivity index (χ2n) is 6.54. The SMILES string of the molecule is CC(C)(C)c1ccc([Si](OCCOC(N)=O)c2ccccc2)cc1. The zero-order valence-electron chi connectivity index (χ0n) is 14.4. The molecule has 1 amide bonds. The minimum absolute atomic E-state index is 0.119. The number of carbonyl (C=O) groups is 1. The molecule has 0 saturated heterocycles. The smallest absolute Gasteiger partial charge is 0.404 e. The quantitative estimate of drug-likeness (QED) is 0.647. The number of hydrogen-bond acceptors (Lipinski definition) is 3. The zero-order chi connectivity index (χ0) is 17.6. The van der Waals surface area contributed by atoms with E-state index in [1.54, 1.807) is 0 Å². The fraction of sp³-hybridized carbons (Fsp3) is 0.316. The lowest BCUT2D eigenvalue weighted by Gasteiger charge is -2.21. The predicted molar refractivity (Wildman–Crippen MR) is 98.1 cm³/mol. The van der Waals surface area contributed by atoms with Crippen molar-refractivity contribution in [3.63, 3.8) is 0 Å². The van der Waals surface area contributed by atoms with Gasteiger partial charge >= 0.3 is 6.09 Å². The van der Waals surface area contributed by atoms with Gasteiger partial charge in [0.25, 0.3) is 9.04 Å². The highest BCUT2D eigenvalue weighted by Crippen LogP contribution is 2.20. The topological polar surface area (TPSA) is 61.6 Å². The van der Waals surface area contributed by atoms with Crippen LogP contribution in [0.2, 0.25) is 0 Å². The Morgan fingerprint density at radius 1 is 0.958 bits per heavy atom. The Morgan fingerprint density at radius 3 is 2.08 bits per heavy atom. The standard InChI is InChI=1S/C19H24NO3Si/c1-19(2,3)15-9-11-17(12-10-15)24(16-7-5-4-6-8-16)23-14-13-22-18(20)21/h4-12H,13-14H2,1-3H3,(H2,20,21). The first kappa shape index (κ1) is 18.2. The predicted octanol–water partition coefficient (Wildman–Crippen LogP) is 2.20. The Balaban J connectivity index is 2.17. The molecule has 2 rings (SSSR count). The van der Waals surface area contributed by atoms with Gasteiger partial charge in [0, 0.05) is 0 Å². The highest BCUT2D eigenvalue weighted by Gasteiger charge is 2.21. The molecule has 2 aromatic carbocycles. The third kappa shape index (κ3) is 5.21. The van der Waals surface area contributed by atoms with E-state index in [1.807, 2.05) is 18.2 Å². The molecule has 0 heterocycles. The monoisotopic (exact) mass is 342 g/mol. The van der Waals surface area contributed by atoms with Crippen LogP contribution in [0.15, 0.2) is 54.6 Å². The summed E-state index contributed by atoms with van der Waals surface area (Å²) in [4.78, 5) is 10.7. The van der Waals surface area contributed by atoms with Gasteiger partial charge in [-0.25, -0.2) is 4.79 Å². The minimum atomic E-state index is -1.39. The van der Waals surface area contributed by atoms with Crippen LogP contribution in [0.3, 0.4) is 0 Å². The molecule has 0 aromatic heterocycles. The van der Waals surface area contributed by atoms with Crippen LogP contribution >= 0.6 is 0 Å². The number of hydrogen-bond donors (Lipinski definition) is 1. The Labute approximate surface area is 145 Å². The average molecular weight is 342 g/mol. The number of primary amides is 1. The van der Waals surface area contributed by atoms with E-state index in [0.29, 0.717) is 6.61 Å². The molecule has 0 aliphatic carbocycles. The van der Waals surface area contributed by atoms with Crippen molar-refractivity contribution < 1.29 is 14.0 Å². The number of nitrogens with two attached hydrogens (primary N) is 1. The highest BCUT2D eigenvalue weighted by molar-refractivity contribution is 6.80. The first-order valence-electron chi connectivity index (χ1n) is 7.96. The fourth-order valence-corrected chi connectivity index (χ4v) is 4.25. The lowest BCUT2D eigenvalue weighted by molar-refractivity contribution is 0.135. The molecule has 0 bridgehead atoms. The van der Waals surface area contributed by atoms with Gasteiger partial charge in [0.1, 0.15) is 6.61 Å². The van der Waals surface area contributed by atoms with Crippen LogP contribution in [-0.4, -0.2) is 28.3 Å². The van der Waals surface area contributed by atoms with Gasteiger partial charge in [0.15, 0.2) is 0 Å². The summed E-state index contributed by atoms with van der Waals surface area (Å²) in [5, 5.41) is 2.32. The summed E-state index contributed by atoms with van der Waals surface area (Å²) in [6.07, 6.45) is -0.776. The van der Waals surface area contributed by atoms with Crippen molar-refractivity contribution in [1.29, 1.82) is 0 Å². The summed E-state index contributed by atoms with van der Waals surface area (Å²) in [5.74, 6) is 0. The number of amides is 1. The van der Waals surface area contributed by atoms with E-state index in [2.05, 4.69) is 57.2 Å². The Hall–Kier alpha value is -2.11.